The predicted molar refractivity (Wildman–Crippen MR) is 112 cm³/mol. The van der Waals surface area contributed by atoms with E-state index in [1.807, 2.05) is 12.1 Å². The number of allylic oxidation sites excluding steroid dienone is 1. The molecule has 3 rings (SSSR count). The lowest BCUT2D eigenvalue weighted by Gasteiger charge is -2.17. The number of aryl methyl sites for hydroxylation is 1. The van der Waals surface area contributed by atoms with Crippen molar-refractivity contribution in [2.75, 3.05) is 20.2 Å². The number of carbonyl (C=O) groups excluding carboxylic acids is 2. The van der Waals surface area contributed by atoms with Gasteiger partial charge in [-0.15, -0.1) is 0 Å². The second-order valence-electron chi connectivity index (χ2n) is 8.08. The van der Waals surface area contributed by atoms with Gasteiger partial charge in [0.1, 0.15) is 11.6 Å². The van der Waals surface area contributed by atoms with Crippen molar-refractivity contribution in [3.8, 4) is 5.75 Å². The molecule has 1 aliphatic heterocycles. The lowest BCUT2D eigenvalue weighted by Crippen LogP contribution is -2.40. The number of hydrogen-bond donors (Lipinski definition) is 3. The maximum Gasteiger partial charge on any atom is 0.245 e. The molecule has 29 heavy (non-hydrogen) atoms. The molecule has 1 aliphatic carbocycles. The Kier molecular flexibility index (Phi) is 6.56. The van der Waals surface area contributed by atoms with Crippen LogP contribution in [0.25, 0.3) is 0 Å². The van der Waals surface area contributed by atoms with Crippen molar-refractivity contribution in [3.05, 3.63) is 41.1 Å². The molecule has 0 radical (unpaired) electrons. The fraction of sp³-hybridized carbons (Fsp3) is 0.500. The van der Waals surface area contributed by atoms with Crippen LogP contribution in [0.2, 0.25) is 0 Å². The van der Waals surface area contributed by atoms with E-state index >= 15 is 0 Å². The summed E-state index contributed by atoms with van der Waals surface area (Å²) in [5, 5.41) is 10.1. The lowest BCUT2D eigenvalue weighted by atomic mass is 9.94. The molecule has 1 saturated heterocycles. The normalized spacial score (nSPS) is 19.4. The third-order valence-electron chi connectivity index (χ3n) is 5.49. The highest BCUT2D eigenvalue weighted by Gasteiger charge is 2.32. The first-order valence-corrected chi connectivity index (χ1v) is 10.1. The van der Waals surface area contributed by atoms with Gasteiger partial charge in [-0.2, -0.15) is 0 Å². The molecule has 7 heteroatoms. The predicted octanol–water partition coefficient (Wildman–Crippen LogP) is 2.31. The summed E-state index contributed by atoms with van der Waals surface area (Å²) >= 11 is 0. The average molecular weight is 399 g/mol. The first-order valence-electron chi connectivity index (χ1n) is 10.1. The van der Waals surface area contributed by atoms with Gasteiger partial charge in [0.2, 0.25) is 11.8 Å². The molecular formula is C22H30N4O3. The number of benzene rings is 1. The van der Waals surface area contributed by atoms with Crippen LogP contribution in [0.3, 0.4) is 0 Å². The maximum absolute atomic E-state index is 12.4. The van der Waals surface area contributed by atoms with Crippen LogP contribution < -0.4 is 15.8 Å². The van der Waals surface area contributed by atoms with Gasteiger partial charge in [-0.05, 0) is 49.0 Å². The van der Waals surface area contributed by atoms with Gasteiger partial charge in [0.25, 0.3) is 0 Å². The Labute approximate surface area is 171 Å². The van der Waals surface area contributed by atoms with Crippen LogP contribution in [-0.4, -0.2) is 42.7 Å². The molecule has 1 atom stereocenters. The number of likely N-dealkylation sites (tertiary alicyclic amines) is 1. The molecule has 2 amide bonds. The molecule has 2 aliphatic rings. The van der Waals surface area contributed by atoms with E-state index in [9.17, 15) is 9.59 Å². The minimum Gasteiger partial charge on any atom is -0.496 e. The number of nitrogens with one attached hydrogen (secondary N) is 2. The van der Waals surface area contributed by atoms with E-state index in [-0.39, 0.29) is 30.1 Å². The third-order valence-corrected chi connectivity index (χ3v) is 5.49. The van der Waals surface area contributed by atoms with Crippen LogP contribution in [0.5, 0.6) is 5.75 Å². The van der Waals surface area contributed by atoms with Crippen molar-refractivity contribution in [3.63, 3.8) is 0 Å². The molecular weight excluding hydrogens is 368 g/mol. The minimum atomic E-state index is -0.388. The van der Waals surface area contributed by atoms with Crippen LogP contribution in [0, 0.1) is 11.3 Å². The number of ether oxygens (including phenoxy) is 1. The zero-order valence-electron chi connectivity index (χ0n) is 17.2. The van der Waals surface area contributed by atoms with Gasteiger partial charge < -0.3 is 20.7 Å². The second kappa shape index (κ2) is 9.11. The Morgan fingerprint density at radius 1 is 1.41 bits per heavy atom. The van der Waals surface area contributed by atoms with Gasteiger partial charge in [0, 0.05) is 24.6 Å². The van der Waals surface area contributed by atoms with Crippen molar-refractivity contribution in [2.24, 2.45) is 11.7 Å². The third kappa shape index (κ3) is 5.82. The van der Waals surface area contributed by atoms with E-state index in [0.717, 1.165) is 23.7 Å². The largest absolute Gasteiger partial charge is 0.496 e. The number of amidine groups is 1. The summed E-state index contributed by atoms with van der Waals surface area (Å²) in [5.74, 6) is 1.30. The van der Waals surface area contributed by atoms with Gasteiger partial charge in [-0.1, -0.05) is 25.0 Å². The fourth-order valence-electron chi connectivity index (χ4n) is 3.79. The van der Waals surface area contributed by atoms with Gasteiger partial charge in [-0.25, -0.2) is 0 Å². The Bertz CT molecular complexity index is 825. The Morgan fingerprint density at radius 3 is 2.83 bits per heavy atom. The summed E-state index contributed by atoms with van der Waals surface area (Å²) in [6.45, 7) is 2.09. The van der Waals surface area contributed by atoms with Gasteiger partial charge in [0.15, 0.2) is 0 Å². The number of hydrogen-bond acceptors (Lipinski definition) is 5. The summed E-state index contributed by atoms with van der Waals surface area (Å²) in [6, 6.07) is 6.17. The van der Waals surface area contributed by atoms with E-state index in [2.05, 4.69) is 11.4 Å². The summed E-state index contributed by atoms with van der Waals surface area (Å²) in [5.41, 5.74) is 8.25. The number of amides is 2. The number of carbonyl (C=O) groups is 2. The molecule has 2 fully saturated rings. The molecule has 0 bridgehead atoms. The molecule has 1 heterocycles. The van der Waals surface area contributed by atoms with E-state index < -0.39 is 0 Å². The van der Waals surface area contributed by atoms with Crippen molar-refractivity contribution in [1.82, 2.24) is 10.2 Å². The van der Waals surface area contributed by atoms with Crippen LogP contribution in [0.1, 0.15) is 49.7 Å². The molecule has 156 valence electrons. The Hall–Kier alpha value is -2.83. The smallest absolute Gasteiger partial charge is 0.245 e. The summed E-state index contributed by atoms with van der Waals surface area (Å²) in [7, 11) is 1.69. The number of nitrogens with two attached hydrogens (primary N) is 1. The molecule has 0 spiro atoms. The molecule has 1 saturated carbocycles. The Morgan fingerprint density at radius 2 is 2.17 bits per heavy atom. The van der Waals surface area contributed by atoms with Gasteiger partial charge in [0.05, 0.1) is 13.7 Å². The van der Waals surface area contributed by atoms with E-state index in [0.29, 0.717) is 18.7 Å². The van der Waals surface area contributed by atoms with Crippen LogP contribution >= 0.6 is 0 Å². The second-order valence-corrected chi connectivity index (χ2v) is 8.08. The molecule has 4 N–H and O–H groups in total. The molecule has 7 nitrogen and oxygen atoms in total. The van der Waals surface area contributed by atoms with E-state index in [4.69, 9.17) is 15.9 Å². The van der Waals surface area contributed by atoms with Crippen molar-refractivity contribution in [1.29, 1.82) is 5.41 Å². The maximum atomic E-state index is 12.4. The fourth-order valence-corrected chi connectivity index (χ4v) is 3.79. The highest BCUT2D eigenvalue weighted by Crippen LogP contribution is 2.36. The molecule has 1 aromatic rings. The molecule has 0 aromatic heterocycles. The summed E-state index contributed by atoms with van der Waals surface area (Å²) in [6.07, 6.45) is 6.58. The summed E-state index contributed by atoms with van der Waals surface area (Å²) in [4.78, 5) is 26.1. The Balaban J connectivity index is 1.61. The number of methoxy groups -OCH3 is 1. The number of nitrogens with zero attached hydrogens (tertiary/aromatic N) is 1. The van der Waals surface area contributed by atoms with Crippen LogP contribution in [0.15, 0.2) is 30.0 Å². The quantitative estimate of drug-likeness (QED) is 0.461. The summed E-state index contributed by atoms with van der Waals surface area (Å²) < 4.78 is 5.51. The first-order chi connectivity index (χ1) is 13.9. The highest BCUT2D eigenvalue weighted by molar-refractivity contribution is 6.04. The lowest BCUT2D eigenvalue weighted by molar-refractivity contribution is -0.132. The monoisotopic (exact) mass is 398 g/mol. The van der Waals surface area contributed by atoms with Crippen molar-refractivity contribution >= 4 is 17.6 Å². The number of rotatable bonds is 8. The average Bonchev–Trinajstić information content (AvgIpc) is 3.42. The molecule has 1 aromatic carbocycles. The standard InChI is InChI=1S/C22H30N4O3/c1-14(23)9-20(24)25-21(27)13-26-12-18(11-22(26)28)16-7-8-19(29-2)17(10-16)6-5-15-3-4-15/h7-10,15,18H,3-6,11-13,23H2,1-2H3,(H2,24,25,27)/b14-9-. The van der Waals surface area contributed by atoms with E-state index in [1.54, 1.807) is 18.9 Å². The van der Waals surface area contributed by atoms with Crippen LogP contribution in [0.4, 0.5) is 0 Å². The van der Waals surface area contributed by atoms with Crippen LogP contribution in [-0.2, 0) is 16.0 Å². The SMILES string of the molecule is COc1ccc(C2CC(=O)N(CC(=O)NC(=N)/C=C(/C)N)C2)cc1CCC1CC1. The topological polar surface area (TPSA) is 109 Å². The highest BCUT2D eigenvalue weighted by atomic mass is 16.5. The zero-order valence-corrected chi connectivity index (χ0v) is 17.2. The first kappa shape index (κ1) is 20.9. The zero-order chi connectivity index (χ0) is 21.0. The van der Waals surface area contributed by atoms with Gasteiger partial charge in [-0.3, -0.25) is 15.0 Å². The van der Waals surface area contributed by atoms with Crippen molar-refractivity contribution in [2.45, 2.75) is 44.9 Å². The van der Waals surface area contributed by atoms with Gasteiger partial charge >= 0.3 is 0 Å². The van der Waals surface area contributed by atoms with Crippen molar-refractivity contribution < 1.29 is 14.3 Å². The minimum absolute atomic E-state index is 0.0439. The molecule has 1 unspecified atom stereocenters. The van der Waals surface area contributed by atoms with E-state index in [1.165, 1.54) is 30.9 Å².